The van der Waals surface area contributed by atoms with Crippen molar-refractivity contribution >= 4 is 5.91 Å². The normalized spacial score (nSPS) is 11.6. The maximum atomic E-state index is 11.5. The molecule has 108 valence electrons. The molecule has 5 heteroatoms. The highest BCUT2D eigenvalue weighted by Crippen LogP contribution is 2.02. The van der Waals surface area contributed by atoms with Crippen molar-refractivity contribution in [1.82, 2.24) is 15.5 Å². The number of ether oxygens (including phenoxy) is 1. The number of carbonyl (C=O) groups is 1. The Labute approximate surface area is 111 Å². The van der Waals surface area contributed by atoms with Crippen molar-refractivity contribution in [2.24, 2.45) is 0 Å². The lowest BCUT2D eigenvalue weighted by molar-refractivity contribution is -0.120. The molecule has 0 aromatic carbocycles. The first kappa shape index (κ1) is 17.4. The van der Waals surface area contributed by atoms with Gasteiger partial charge in [-0.15, -0.1) is 0 Å². The molecule has 0 aliphatic heterocycles. The van der Waals surface area contributed by atoms with Gasteiger partial charge in [-0.25, -0.2) is 0 Å². The van der Waals surface area contributed by atoms with E-state index in [1.54, 1.807) is 7.11 Å². The zero-order chi connectivity index (χ0) is 14.0. The predicted octanol–water partition coefficient (Wildman–Crippen LogP) is 0.457. The van der Waals surface area contributed by atoms with E-state index in [9.17, 15) is 4.79 Å². The fourth-order valence-electron chi connectivity index (χ4n) is 1.88. The molecule has 5 nitrogen and oxygen atoms in total. The van der Waals surface area contributed by atoms with Crippen LogP contribution in [-0.2, 0) is 9.53 Å². The van der Waals surface area contributed by atoms with Gasteiger partial charge in [0.2, 0.25) is 5.91 Å². The van der Waals surface area contributed by atoms with Crippen molar-refractivity contribution < 1.29 is 9.53 Å². The van der Waals surface area contributed by atoms with Gasteiger partial charge in [-0.05, 0) is 27.7 Å². The Kier molecular flexibility index (Phi) is 9.92. The molecule has 0 aliphatic carbocycles. The molecule has 0 fully saturated rings. The van der Waals surface area contributed by atoms with Crippen molar-refractivity contribution in [3.05, 3.63) is 0 Å². The van der Waals surface area contributed by atoms with Gasteiger partial charge >= 0.3 is 0 Å². The summed E-state index contributed by atoms with van der Waals surface area (Å²) in [4.78, 5) is 13.9. The van der Waals surface area contributed by atoms with Crippen LogP contribution in [0.3, 0.4) is 0 Å². The predicted molar refractivity (Wildman–Crippen MR) is 74.7 cm³/mol. The Balaban J connectivity index is 3.66. The zero-order valence-corrected chi connectivity index (χ0v) is 12.5. The van der Waals surface area contributed by atoms with Crippen LogP contribution in [0.25, 0.3) is 0 Å². The first-order valence-electron chi connectivity index (χ1n) is 6.71. The van der Waals surface area contributed by atoms with E-state index in [0.717, 1.165) is 6.54 Å². The smallest absolute Gasteiger partial charge is 0.234 e. The number of methoxy groups -OCH3 is 1. The Bertz CT molecular complexity index is 212. The summed E-state index contributed by atoms with van der Waals surface area (Å²) in [5.41, 5.74) is 0. The van der Waals surface area contributed by atoms with Crippen LogP contribution >= 0.6 is 0 Å². The maximum Gasteiger partial charge on any atom is 0.234 e. The SMILES string of the molecule is COCCNCC(=O)NCCN(C(C)C)C(C)C. The summed E-state index contributed by atoms with van der Waals surface area (Å²) in [7, 11) is 1.65. The molecule has 1 amide bonds. The van der Waals surface area contributed by atoms with E-state index in [0.29, 0.717) is 38.3 Å². The number of hydrogen-bond donors (Lipinski definition) is 2. The van der Waals surface area contributed by atoms with Crippen LogP contribution in [0.15, 0.2) is 0 Å². The molecule has 2 N–H and O–H groups in total. The second kappa shape index (κ2) is 10.3. The van der Waals surface area contributed by atoms with Crippen LogP contribution in [0.4, 0.5) is 0 Å². The number of nitrogens with zero attached hydrogens (tertiary/aromatic N) is 1. The second-order valence-corrected chi connectivity index (χ2v) is 4.94. The average Bonchev–Trinajstić information content (AvgIpc) is 2.29. The lowest BCUT2D eigenvalue weighted by Crippen LogP contribution is -2.44. The largest absolute Gasteiger partial charge is 0.383 e. The van der Waals surface area contributed by atoms with Gasteiger partial charge in [0, 0.05) is 38.8 Å². The van der Waals surface area contributed by atoms with Crippen LogP contribution in [0, 0.1) is 0 Å². The van der Waals surface area contributed by atoms with E-state index in [1.807, 2.05) is 0 Å². The highest BCUT2D eigenvalue weighted by molar-refractivity contribution is 5.77. The number of rotatable bonds is 10. The van der Waals surface area contributed by atoms with Gasteiger partial charge < -0.3 is 15.4 Å². The van der Waals surface area contributed by atoms with Gasteiger partial charge in [0.1, 0.15) is 0 Å². The average molecular weight is 259 g/mol. The zero-order valence-electron chi connectivity index (χ0n) is 12.5. The summed E-state index contributed by atoms with van der Waals surface area (Å²) in [6.45, 7) is 12.0. The van der Waals surface area contributed by atoms with E-state index in [1.165, 1.54) is 0 Å². The summed E-state index contributed by atoms with van der Waals surface area (Å²) >= 11 is 0. The monoisotopic (exact) mass is 259 g/mol. The van der Waals surface area contributed by atoms with Gasteiger partial charge in [-0.2, -0.15) is 0 Å². The third-order valence-corrected chi connectivity index (χ3v) is 2.79. The van der Waals surface area contributed by atoms with Crippen molar-refractivity contribution in [1.29, 1.82) is 0 Å². The van der Waals surface area contributed by atoms with Crippen molar-refractivity contribution in [2.75, 3.05) is 39.9 Å². The van der Waals surface area contributed by atoms with E-state index < -0.39 is 0 Å². The highest BCUT2D eigenvalue weighted by atomic mass is 16.5. The minimum absolute atomic E-state index is 0.0403. The summed E-state index contributed by atoms with van der Waals surface area (Å²) in [5, 5.41) is 5.93. The molecule has 0 spiro atoms. The molecule has 18 heavy (non-hydrogen) atoms. The third-order valence-electron chi connectivity index (χ3n) is 2.79. The van der Waals surface area contributed by atoms with E-state index in [2.05, 4.69) is 43.2 Å². The van der Waals surface area contributed by atoms with Crippen molar-refractivity contribution in [2.45, 2.75) is 39.8 Å². The maximum absolute atomic E-state index is 11.5. The summed E-state index contributed by atoms with van der Waals surface area (Å²) in [6, 6.07) is 1.00. The molecule has 0 aromatic heterocycles. The highest BCUT2D eigenvalue weighted by Gasteiger charge is 2.12. The quantitative estimate of drug-likeness (QED) is 0.560. The van der Waals surface area contributed by atoms with Crippen LogP contribution < -0.4 is 10.6 Å². The number of amides is 1. The van der Waals surface area contributed by atoms with Gasteiger partial charge in [-0.1, -0.05) is 0 Å². The molecule has 0 radical (unpaired) electrons. The van der Waals surface area contributed by atoms with Gasteiger partial charge in [0.15, 0.2) is 0 Å². The minimum atomic E-state index is 0.0403. The molecule has 0 bridgehead atoms. The van der Waals surface area contributed by atoms with Crippen molar-refractivity contribution in [3.63, 3.8) is 0 Å². The Morgan fingerprint density at radius 3 is 2.28 bits per heavy atom. The topological polar surface area (TPSA) is 53.6 Å². The standard InChI is InChI=1S/C13H29N3O2/c1-11(2)16(12(3)4)8-6-15-13(17)10-14-7-9-18-5/h11-12,14H,6-10H2,1-5H3,(H,15,17). The lowest BCUT2D eigenvalue weighted by atomic mass is 10.2. The molecule has 0 aromatic rings. The van der Waals surface area contributed by atoms with E-state index in [-0.39, 0.29) is 5.91 Å². The van der Waals surface area contributed by atoms with Crippen molar-refractivity contribution in [3.8, 4) is 0 Å². The molecule has 0 saturated carbocycles. The molecule has 0 aliphatic rings. The van der Waals surface area contributed by atoms with Gasteiger partial charge in [-0.3, -0.25) is 9.69 Å². The summed E-state index contributed by atoms with van der Waals surface area (Å²) < 4.78 is 4.89. The van der Waals surface area contributed by atoms with Crippen LogP contribution in [-0.4, -0.2) is 62.8 Å². The molecular formula is C13H29N3O2. The van der Waals surface area contributed by atoms with Crippen LogP contribution in [0.5, 0.6) is 0 Å². The lowest BCUT2D eigenvalue weighted by Gasteiger charge is -2.30. The fourth-order valence-corrected chi connectivity index (χ4v) is 1.88. The third kappa shape index (κ3) is 8.44. The van der Waals surface area contributed by atoms with Gasteiger partial charge in [0.25, 0.3) is 0 Å². The Morgan fingerprint density at radius 1 is 1.17 bits per heavy atom. The minimum Gasteiger partial charge on any atom is -0.383 e. The number of carbonyl (C=O) groups excluding carboxylic acids is 1. The fraction of sp³-hybridized carbons (Fsp3) is 0.923. The molecule has 0 unspecified atom stereocenters. The molecule has 0 rings (SSSR count). The van der Waals surface area contributed by atoms with Crippen LogP contribution in [0.1, 0.15) is 27.7 Å². The molecular weight excluding hydrogens is 230 g/mol. The first-order chi connectivity index (χ1) is 8.49. The van der Waals surface area contributed by atoms with E-state index in [4.69, 9.17) is 4.74 Å². The Hall–Kier alpha value is -0.650. The molecule has 0 saturated heterocycles. The summed E-state index contributed by atoms with van der Waals surface area (Å²) in [6.07, 6.45) is 0. The number of nitrogens with one attached hydrogen (secondary N) is 2. The van der Waals surface area contributed by atoms with E-state index >= 15 is 0 Å². The summed E-state index contributed by atoms with van der Waals surface area (Å²) in [5.74, 6) is 0.0403. The first-order valence-corrected chi connectivity index (χ1v) is 6.71. The Morgan fingerprint density at radius 2 is 1.78 bits per heavy atom. The molecule has 0 atom stereocenters. The van der Waals surface area contributed by atoms with Gasteiger partial charge in [0.05, 0.1) is 13.2 Å². The molecule has 0 heterocycles. The second-order valence-electron chi connectivity index (χ2n) is 4.94. The number of hydrogen-bond acceptors (Lipinski definition) is 4. The van der Waals surface area contributed by atoms with Crippen LogP contribution in [0.2, 0.25) is 0 Å².